The van der Waals surface area contributed by atoms with E-state index in [-0.39, 0.29) is 23.8 Å². The van der Waals surface area contributed by atoms with Crippen LogP contribution in [0.2, 0.25) is 0 Å². The largest absolute Gasteiger partial charge is 0.383 e. The van der Waals surface area contributed by atoms with Crippen LogP contribution in [0, 0.1) is 24.2 Å². The molecule has 3 atom stereocenters. The molecule has 2 aromatic rings. The number of carbonyl (C=O) groups excluding carboxylic acids is 2. The van der Waals surface area contributed by atoms with Gasteiger partial charge in [-0.1, -0.05) is 6.92 Å². The molecule has 3 N–H and O–H groups in total. The predicted molar refractivity (Wildman–Crippen MR) is 143 cm³/mol. The molecule has 1 aromatic carbocycles. The smallest absolute Gasteiger partial charge is 0.245 e. The second-order valence-corrected chi connectivity index (χ2v) is 10.1. The van der Waals surface area contributed by atoms with Gasteiger partial charge in [0.25, 0.3) is 0 Å². The normalized spacial score (nSPS) is 21.9. The number of nitrogens with zero attached hydrogens (tertiary/aromatic N) is 6. The summed E-state index contributed by atoms with van der Waals surface area (Å²) in [5.41, 5.74) is 9.23. The van der Waals surface area contributed by atoms with Gasteiger partial charge in [-0.15, -0.1) is 0 Å². The molecule has 0 saturated carbocycles. The zero-order chi connectivity index (χ0) is 26.7. The van der Waals surface area contributed by atoms with Crippen molar-refractivity contribution in [2.45, 2.75) is 51.6 Å². The first kappa shape index (κ1) is 26.2. The Morgan fingerprint density at radius 1 is 1.24 bits per heavy atom. The van der Waals surface area contributed by atoms with E-state index in [1.165, 1.54) is 6.33 Å². The van der Waals surface area contributed by atoms with Crippen LogP contribution in [0.3, 0.4) is 0 Å². The molecule has 3 heterocycles. The van der Waals surface area contributed by atoms with E-state index in [4.69, 9.17) is 5.73 Å². The molecule has 0 spiro atoms. The maximum atomic E-state index is 13.8. The Balaban J connectivity index is 1.61. The Bertz CT molecular complexity index is 1210. The van der Waals surface area contributed by atoms with Gasteiger partial charge in [0.15, 0.2) is 0 Å². The van der Waals surface area contributed by atoms with Gasteiger partial charge in [0.2, 0.25) is 11.8 Å². The van der Waals surface area contributed by atoms with Crippen molar-refractivity contribution in [3.8, 4) is 6.07 Å². The number of carbonyl (C=O) groups is 2. The second kappa shape index (κ2) is 11.0. The summed E-state index contributed by atoms with van der Waals surface area (Å²) >= 11 is 0. The number of hydrogen-bond donors (Lipinski definition) is 2. The van der Waals surface area contributed by atoms with Crippen LogP contribution >= 0.6 is 0 Å². The second-order valence-electron chi connectivity index (χ2n) is 10.1. The van der Waals surface area contributed by atoms with E-state index < -0.39 is 6.04 Å². The minimum Gasteiger partial charge on any atom is -0.383 e. The summed E-state index contributed by atoms with van der Waals surface area (Å²) in [5.74, 6) is 0.877. The SMILES string of the molecule is CCc1cc(C#N)cc(N[C@H]2CCCN([C@@H]3CN(c4ncnc(N)c4C)CC[C@H]3C(=O)N(C)C)C2=O)c1. The van der Waals surface area contributed by atoms with Crippen LogP contribution in [0.15, 0.2) is 24.5 Å². The molecule has 2 fully saturated rings. The summed E-state index contributed by atoms with van der Waals surface area (Å²) in [7, 11) is 3.52. The summed E-state index contributed by atoms with van der Waals surface area (Å²) < 4.78 is 0. The molecule has 10 heteroatoms. The van der Waals surface area contributed by atoms with Gasteiger partial charge in [-0.3, -0.25) is 9.59 Å². The Morgan fingerprint density at radius 3 is 2.73 bits per heavy atom. The highest BCUT2D eigenvalue weighted by molar-refractivity contribution is 5.87. The minimum absolute atomic E-state index is 0.0195. The fourth-order valence-corrected chi connectivity index (χ4v) is 5.44. The molecule has 2 aliphatic heterocycles. The van der Waals surface area contributed by atoms with Crippen LogP contribution in [0.25, 0.3) is 0 Å². The third-order valence-electron chi connectivity index (χ3n) is 7.48. The van der Waals surface area contributed by atoms with Crippen molar-refractivity contribution in [3.63, 3.8) is 0 Å². The Labute approximate surface area is 218 Å². The van der Waals surface area contributed by atoms with Crippen molar-refractivity contribution in [2.75, 3.05) is 49.7 Å². The molecule has 2 amide bonds. The van der Waals surface area contributed by atoms with Crippen LogP contribution in [-0.4, -0.2) is 77.4 Å². The maximum absolute atomic E-state index is 13.8. The number of piperidine rings is 2. The molecule has 1 aromatic heterocycles. The first-order valence-electron chi connectivity index (χ1n) is 12.9. The van der Waals surface area contributed by atoms with E-state index in [0.29, 0.717) is 43.9 Å². The molecule has 37 heavy (non-hydrogen) atoms. The number of nitriles is 1. The van der Waals surface area contributed by atoms with Gasteiger partial charge in [-0.2, -0.15) is 5.26 Å². The first-order valence-corrected chi connectivity index (χ1v) is 12.9. The van der Waals surface area contributed by atoms with Crippen molar-refractivity contribution >= 4 is 29.1 Å². The fraction of sp³-hybridized carbons (Fsp3) is 0.519. The van der Waals surface area contributed by atoms with Crippen molar-refractivity contribution in [1.29, 1.82) is 5.26 Å². The van der Waals surface area contributed by atoms with Gasteiger partial charge < -0.3 is 25.8 Å². The summed E-state index contributed by atoms with van der Waals surface area (Å²) in [6.45, 7) is 5.66. The van der Waals surface area contributed by atoms with Crippen molar-refractivity contribution in [3.05, 3.63) is 41.2 Å². The van der Waals surface area contributed by atoms with Crippen molar-refractivity contribution in [1.82, 2.24) is 19.8 Å². The number of rotatable bonds is 6. The van der Waals surface area contributed by atoms with E-state index in [9.17, 15) is 14.9 Å². The van der Waals surface area contributed by atoms with E-state index in [1.807, 2.05) is 30.9 Å². The van der Waals surface area contributed by atoms with Gasteiger partial charge >= 0.3 is 0 Å². The fourth-order valence-electron chi connectivity index (χ4n) is 5.44. The molecular formula is C27H36N8O2. The lowest BCUT2D eigenvalue weighted by Gasteiger charge is -2.47. The third-order valence-corrected chi connectivity index (χ3v) is 7.48. The highest BCUT2D eigenvalue weighted by Crippen LogP contribution is 2.32. The summed E-state index contributed by atoms with van der Waals surface area (Å²) in [4.78, 5) is 41.2. The summed E-state index contributed by atoms with van der Waals surface area (Å²) in [5, 5.41) is 12.8. The number of nitrogens with one attached hydrogen (secondary N) is 1. The number of nitrogens with two attached hydrogens (primary N) is 1. The highest BCUT2D eigenvalue weighted by Gasteiger charge is 2.43. The Hall–Kier alpha value is -3.87. The lowest BCUT2D eigenvalue weighted by Crippen LogP contribution is -2.61. The van der Waals surface area contributed by atoms with Crippen LogP contribution in [0.4, 0.5) is 17.3 Å². The van der Waals surface area contributed by atoms with E-state index in [0.717, 1.165) is 35.5 Å². The average Bonchev–Trinajstić information content (AvgIpc) is 2.90. The number of amides is 2. The number of aryl methyl sites for hydroxylation is 1. The molecule has 0 bridgehead atoms. The topological polar surface area (TPSA) is 131 Å². The van der Waals surface area contributed by atoms with E-state index >= 15 is 0 Å². The lowest BCUT2D eigenvalue weighted by molar-refractivity contribution is -0.143. The highest BCUT2D eigenvalue weighted by atomic mass is 16.2. The molecule has 0 radical (unpaired) electrons. The van der Waals surface area contributed by atoms with E-state index in [1.54, 1.807) is 25.1 Å². The average molecular weight is 505 g/mol. The number of benzene rings is 1. The Morgan fingerprint density at radius 2 is 2.03 bits per heavy atom. The summed E-state index contributed by atoms with van der Waals surface area (Å²) in [6, 6.07) is 7.14. The molecule has 10 nitrogen and oxygen atoms in total. The van der Waals surface area contributed by atoms with Gasteiger partial charge in [0.1, 0.15) is 24.0 Å². The third kappa shape index (κ3) is 5.45. The minimum atomic E-state index is -0.422. The first-order chi connectivity index (χ1) is 17.7. The van der Waals surface area contributed by atoms with Gasteiger partial charge in [0, 0.05) is 45.0 Å². The molecule has 0 unspecified atom stereocenters. The standard InChI is InChI=1S/C27H36N8O2/c1-5-18-11-19(14-28)13-20(12-18)32-22-7-6-9-35(27(22)37)23-15-34(10-8-21(23)26(36)33(3)4)25-17(2)24(29)30-16-31-25/h11-13,16,21-23,32H,5-10,15H2,1-4H3,(H2,29,30,31)/t21-,22+,23-/m1/s1. The lowest BCUT2D eigenvalue weighted by atomic mass is 9.87. The number of hydrogen-bond acceptors (Lipinski definition) is 8. The van der Waals surface area contributed by atoms with Crippen LogP contribution in [0.1, 0.15) is 42.9 Å². The number of nitrogen functional groups attached to an aromatic ring is 1. The monoisotopic (exact) mass is 504 g/mol. The molecule has 196 valence electrons. The van der Waals surface area contributed by atoms with Gasteiger partial charge in [-0.25, -0.2) is 9.97 Å². The molecule has 0 aliphatic carbocycles. The molecule has 2 saturated heterocycles. The molecule has 2 aliphatic rings. The van der Waals surface area contributed by atoms with Crippen molar-refractivity contribution < 1.29 is 9.59 Å². The van der Waals surface area contributed by atoms with E-state index in [2.05, 4.69) is 26.3 Å². The van der Waals surface area contributed by atoms with Crippen LogP contribution in [0.5, 0.6) is 0 Å². The maximum Gasteiger partial charge on any atom is 0.245 e. The molecular weight excluding hydrogens is 468 g/mol. The van der Waals surface area contributed by atoms with Gasteiger partial charge in [-0.05, 0) is 56.4 Å². The number of likely N-dealkylation sites (tertiary alicyclic amines) is 1. The zero-order valence-electron chi connectivity index (χ0n) is 22.1. The summed E-state index contributed by atoms with van der Waals surface area (Å²) in [6.07, 6.45) is 4.37. The van der Waals surface area contributed by atoms with Crippen LogP contribution < -0.4 is 16.0 Å². The van der Waals surface area contributed by atoms with Crippen LogP contribution in [-0.2, 0) is 16.0 Å². The number of anilines is 3. The van der Waals surface area contributed by atoms with Gasteiger partial charge in [0.05, 0.1) is 23.6 Å². The quantitative estimate of drug-likeness (QED) is 0.612. The Kier molecular flexibility index (Phi) is 7.81. The molecule has 4 rings (SSSR count). The number of aromatic nitrogens is 2. The van der Waals surface area contributed by atoms with Crippen molar-refractivity contribution in [2.24, 2.45) is 5.92 Å². The zero-order valence-corrected chi connectivity index (χ0v) is 22.1. The predicted octanol–water partition coefficient (Wildman–Crippen LogP) is 2.19.